The molecule has 4 heteroatoms. The van der Waals surface area contributed by atoms with Gasteiger partial charge in [-0.3, -0.25) is 0 Å². The second-order valence-electron chi connectivity index (χ2n) is 7.86. The van der Waals surface area contributed by atoms with E-state index in [0.717, 1.165) is 48.2 Å². The lowest BCUT2D eigenvalue weighted by Gasteiger charge is -2.33. The van der Waals surface area contributed by atoms with Crippen LogP contribution in [0.2, 0.25) is 0 Å². The van der Waals surface area contributed by atoms with Gasteiger partial charge in [-0.15, -0.1) is 0 Å². The normalized spacial score (nSPS) is 25.3. The number of rotatable bonds is 2. The number of carbonyl (C=O) groups is 1. The summed E-state index contributed by atoms with van der Waals surface area (Å²) in [6.07, 6.45) is 3.36. The lowest BCUT2D eigenvalue weighted by molar-refractivity contribution is 0.0175. The molecule has 2 fully saturated rings. The van der Waals surface area contributed by atoms with Crippen LogP contribution in [0.15, 0.2) is 28.7 Å². The Balaban J connectivity index is 1.49. The molecule has 0 aromatic heterocycles. The number of carbonyl (C=O) groups excluding carboxylic acids is 1. The molecule has 2 aliphatic rings. The van der Waals surface area contributed by atoms with E-state index in [1.165, 1.54) is 12.0 Å². The number of halogens is 1. The van der Waals surface area contributed by atoms with Crippen LogP contribution in [0.3, 0.4) is 0 Å². The van der Waals surface area contributed by atoms with E-state index in [-0.39, 0.29) is 6.09 Å². The molecule has 1 unspecified atom stereocenters. The summed E-state index contributed by atoms with van der Waals surface area (Å²) in [7, 11) is 0. The van der Waals surface area contributed by atoms with Crippen molar-refractivity contribution >= 4 is 22.0 Å². The molecule has 1 amide bonds. The Morgan fingerprint density at radius 1 is 1.17 bits per heavy atom. The molecule has 1 aliphatic carbocycles. The van der Waals surface area contributed by atoms with Gasteiger partial charge in [-0.05, 0) is 75.5 Å². The zero-order chi connectivity index (χ0) is 16.6. The van der Waals surface area contributed by atoms with Crippen LogP contribution >= 0.6 is 15.9 Å². The first-order chi connectivity index (χ1) is 10.8. The fourth-order valence-electron chi connectivity index (χ4n) is 3.67. The number of piperidine rings is 1. The standard InChI is InChI=1S/C19H26BrNO2/c1-19(2,3)23-18(22)21-10-8-14(9-11-21)17-12-16(17)13-4-6-15(20)7-5-13/h4-7,14,16-17H,8-12H2,1-3H3/t16-,17?/m0/s1. The fraction of sp³-hybridized carbons (Fsp3) is 0.632. The second-order valence-corrected chi connectivity index (χ2v) is 8.78. The van der Waals surface area contributed by atoms with Gasteiger partial charge in [-0.1, -0.05) is 28.1 Å². The molecule has 3 nitrogen and oxygen atoms in total. The smallest absolute Gasteiger partial charge is 0.410 e. The topological polar surface area (TPSA) is 29.5 Å². The summed E-state index contributed by atoms with van der Waals surface area (Å²) >= 11 is 3.50. The lowest BCUT2D eigenvalue weighted by Crippen LogP contribution is -2.42. The van der Waals surface area contributed by atoms with E-state index in [4.69, 9.17) is 4.74 Å². The number of amides is 1. The largest absolute Gasteiger partial charge is 0.444 e. The SMILES string of the molecule is CC(C)(C)OC(=O)N1CCC(C2C[C@H]2c2ccc(Br)cc2)CC1. The van der Waals surface area contributed by atoms with Crippen LogP contribution in [0.5, 0.6) is 0 Å². The van der Waals surface area contributed by atoms with Crippen molar-refractivity contribution in [1.82, 2.24) is 4.90 Å². The van der Waals surface area contributed by atoms with Crippen molar-refractivity contribution in [2.45, 2.75) is 51.6 Å². The van der Waals surface area contributed by atoms with Crippen molar-refractivity contribution < 1.29 is 9.53 Å². The third-order valence-electron chi connectivity index (χ3n) is 4.93. The van der Waals surface area contributed by atoms with Crippen LogP contribution in [0.25, 0.3) is 0 Å². The first-order valence-electron chi connectivity index (χ1n) is 8.57. The molecule has 0 radical (unpaired) electrons. The first kappa shape index (κ1) is 16.8. The number of hydrogen-bond acceptors (Lipinski definition) is 2. The van der Waals surface area contributed by atoms with Crippen LogP contribution in [0.4, 0.5) is 4.79 Å². The molecule has 3 rings (SSSR count). The number of hydrogen-bond donors (Lipinski definition) is 0. The minimum absolute atomic E-state index is 0.156. The molecule has 1 aliphatic heterocycles. The predicted octanol–water partition coefficient (Wildman–Crippen LogP) is 5.20. The zero-order valence-electron chi connectivity index (χ0n) is 14.2. The molecule has 1 heterocycles. The van der Waals surface area contributed by atoms with E-state index in [0.29, 0.717) is 0 Å². The Labute approximate surface area is 147 Å². The summed E-state index contributed by atoms with van der Waals surface area (Å²) < 4.78 is 6.62. The molecule has 2 atom stereocenters. The quantitative estimate of drug-likeness (QED) is 0.706. The monoisotopic (exact) mass is 379 g/mol. The highest BCUT2D eigenvalue weighted by atomic mass is 79.9. The fourth-order valence-corrected chi connectivity index (χ4v) is 3.93. The van der Waals surface area contributed by atoms with Crippen molar-refractivity contribution in [1.29, 1.82) is 0 Å². The van der Waals surface area contributed by atoms with Crippen LogP contribution < -0.4 is 0 Å². The maximum absolute atomic E-state index is 12.1. The van der Waals surface area contributed by atoms with Crippen LogP contribution in [0, 0.1) is 11.8 Å². The molecule has 1 saturated carbocycles. The Kier molecular flexibility index (Phi) is 4.73. The number of likely N-dealkylation sites (tertiary alicyclic amines) is 1. The zero-order valence-corrected chi connectivity index (χ0v) is 15.8. The Bertz CT molecular complexity index is 556. The highest BCUT2D eigenvalue weighted by Crippen LogP contribution is 2.54. The summed E-state index contributed by atoms with van der Waals surface area (Å²) in [5.41, 5.74) is 1.06. The molecule has 0 bridgehead atoms. The minimum Gasteiger partial charge on any atom is -0.444 e. The molecule has 1 aromatic carbocycles. The van der Waals surface area contributed by atoms with Gasteiger partial charge in [0, 0.05) is 17.6 Å². The number of ether oxygens (including phenoxy) is 1. The Morgan fingerprint density at radius 2 is 1.78 bits per heavy atom. The lowest BCUT2D eigenvalue weighted by atomic mass is 9.90. The number of nitrogens with zero attached hydrogens (tertiary/aromatic N) is 1. The van der Waals surface area contributed by atoms with Gasteiger partial charge in [-0.25, -0.2) is 4.79 Å². The summed E-state index contributed by atoms with van der Waals surface area (Å²) in [4.78, 5) is 14.0. The number of benzene rings is 1. The average molecular weight is 380 g/mol. The van der Waals surface area contributed by atoms with E-state index >= 15 is 0 Å². The van der Waals surface area contributed by atoms with Gasteiger partial charge in [-0.2, -0.15) is 0 Å². The van der Waals surface area contributed by atoms with Crippen LogP contribution in [0.1, 0.15) is 51.5 Å². The van der Waals surface area contributed by atoms with Gasteiger partial charge in [0.1, 0.15) is 5.60 Å². The molecule has 1 aromatic rings. The summed E-state index contributed by atoms with van der Waals surface area (Å²) in [6, 6.07) is 8.75. The average Bonchev–Trinajstić information content (AvgIpc) is 3.27. The van der Waals surface area contributed by atoms with E-state index < -0.39 is 5.60 Å². The maximum Gasteiger partial charge on any atom is 0.410 e. The van der Waals surface area contributed by atoms with Gasteiger partial charge in [0.05, 0.1) is 0 Å². The van der Waals surface area contributed by atoms with Gasteiger partial charge in [0.15, 0.2) is 0 Å². The van der Waals surface area contributed by atoms with Crippen molar-refractivity contribution in [2.75, 3.05) is 13.1 Å². The van der Waals surface area contributed by atoms with Gasteiger partial charge in [0.25, 0.3) is 0 Å². The minimum atomic E-state index is -0.406. The second kappa shape index (κ2) is 6.46. The van der Waals surface area contributed by atoms with Gasteiger partial charge >= 0.3 is 6.09 Å². The molecule has 0 spiro atoms. The van der Waals surface area contributed by atoms with Crippen LogP contribution in [-0.4, -0.2) is 29.7 Å². The molecular weight excluding hydrogens is 354 g/mol. The van der Waals surface area contributed by atoms with Crippen molar-refractivity contribution in [3.8, 4) is 0 Å². The molecule has 0 N–H and O–H groups in total. The third kappa shape index (κ3) is 4.28. The van der Waals surface area contributed by atoms with Crippen molar-refractivity contribution in [2.24, 2.45) is 11.8 Å². The Morgan fingerprint density at radius 3 is 2.35 bits per heavy atom. The highest BCUT2D eigenvalue weighted by Gasteiger charge is 2.44. The molecular formula is C19H26BrNO2. The van der Waals surface area contributed by atoms with E-state index in [9.17, 15) is 4.79 Å². The summed E-state index contributed by atoms with van der Waals surface area (Å²) in [6.45, 7) is 7.44. The third-order valence-corrected chi connectivity index (χ3v) is 5.46. The van der Waals surface area contributed by atoms with Crippen LogP contribution in [-0.2, 0) is 4.74 Å². The van der Waals surface area contributed by atoms with Gasteiger partial charge in [0.2, 0.25) is 0 Å². The molecule has 1 saturated heterocycles. The molecule has 23 heavy (non-hydrogen) atoms. The van der Waals surface area contributed by atoms with Crippen molar-refractivity contribution in [3.63, 3.8) is 0 Å². The first-order valence-corrected chi connectivity index (χ1v) is 9.36. The van der Waals surface area contributed by atoms with Crippen molar-refractivity contribution in [3.05, 3.63) is 34.3 Å². The Hall–Kier alpha value is -1.03. The van der Waals surface area contributed by atoms with E-state index in [1.807, 2.05) is 25.7 Å². The highest BCUT2D eigenvalue weighted by molar-refractivity contribution is 9.10. The summed E-state index contributed by atoms with van der Waals surface area (Å²) in [5, 5.41) is 0. The van der Waals surface area contributed by atoms with E-state index in [2.05, 4.69) is 40.2 Å². The van der Waals surface area contributed by atoms with Gasteiger partial charge < -0.3 is 9.64 Å². The molecule has 126 valence electrons. The predicted molar refractivity (Wildman–Crippen MR) is 95.5 cm³/mol. The van der Waals surface area contributed by atoms with E-state index in [1.54, 1.807) is 0 Å². The maximum atomic E-state index is 12.1. The summed E-state index contributed by atoms with van der Waals surface area (Å²) in [5.74, 6) is 2.28.